The van der Waals surface area contributed by atoms with E-state index >= 15 is 0 Å². The number of carbonyl (C=O) groups is 2. The summed E-state index contributed by atoms with van der Waals surface area (Å²) in [4.78, 5) is 23.4. The monoisotopic (exact) mass is 499 g/mol. The van der Waals surface area contributed by atoms with Crippen molar-refractivity contribution in [1.29, 1.82) is 0 Å². The van der Waals surface area contributed by atoms with Crippen molar-refractivity contribution in [2.45, 2.75) is 37.9 Å². The van der Waals surface area contributed by atoms with Crippen LogP contribution in [0.25, 0.3) is 16.7 Å². The maximum Gasteiger partial charge on any atom is 0.412 e. The second-order valence-corrected chi connectivity index (χ2v) is 9.44. The van der Waals surface area contributed by atoms with Gasteiger partial charge < -0.3 is 9.47 Å². The molecular weight excluding hydrogens is 474 g/mol. The Labute approximate surface area is 215 Å². The van der Waals surface area contributed by atoms with Crippen molar-refractivity contribution >= 4 is 29.7 Å². The lowest BCUT2D eigenvalue weighted by atomic mass is 9.98. The summed E-state index contributed by atoms with van der Waals surface area (Å²) in [6.45, 7) is 2.33. The summed E-state index contributed by atoms with van der Waals surface area (Å²) < 4.78 is 10.9. The molecule has 1 fully saturated rings. The Morgan fingerprint density at radius 1 is 0.944 bits per heavy atom. The highest BCUT2D eigenvalue weighted by atomic mass is 35.5. The smallest absolute Gasteiger partial charge is 0.412 e. The molecule has 0 heterocycles. The first kappa shape index (κ1) is 23.9. The zero-order chi connectivity index (χ0) is 25.1. The molecule has 0 aliphatic heterocycles. The highest BCUT2D eigenvalue weighted by Gasteiger charge is 2.46. The summed E-state index contributed by atoms with van der Waals surface area (Å²) in [5.74, 6) is 0. The number of rotatable bonds is 8. The molecule has 1 saturated carbocycles. The van der Waals surface area contributed by atoms with Crippen LogP contribution in [-0.2, 0) is 19.9 Å². The van der Waals surface area contributed by atoms with Gasteiger partial charge in [0.25, 0.3) is 6.47 Å². The molecule has 0 radical (unpaired) electrons. The predicted octanol–water partition coefficient (Wildman–Crippen LogP) is 7.33. The van der Waals surface area contributed by atoms with Gasteiger partial charge in [0.1, 0.15) is 11.7 Å². The highest BCUT2D eigenvalue weighted by Crippen LogP contribution is 2.49. The predicted molar refractivity (Wildman–Crippen MR) is 140 cm³/mol. The van der Waals surface area contributed by atoms with E-state index in [-0.39, 0.29) is 0 Å². The number of nitrogens with one attached hydrogen (secondary N) is 1. The molecule has 3 aromatic rings. The quantitative estimate of drug-likeness (QED) is 0.329. The molecule has 6 heteroatoms. The molecule has 2 aliphatic rings. The molecule has 0 aromatic heterocycles. The first-order valence-corrected chi connectivity index (χ1v) is 12.3. The van der Waals surface area contributed by atoms with E-state index in [4.69, 9.17) is 21.1 Å². The fraction of sp³-hybridized carbons (Fsp3) is 0.200. The van der Waals surface area contributed by atoms with E-state index in [9.17, 15) is 9.59 Å². The average molecular weight is 500 g/mol. The molecule has 5 rings (SSSR count). The number of carbonyl (C=O) groups excluding carboxylic acids is 2. The van der Waals surface area contributed by atoms with Crippen LogP contribution in [0.1, 0.15) is 49.0 Å². The van der Waals surface area contributed by atoms with Crippen LogP contribution in [0.5, 0.6) is 0 Å². The Bertz CT molecular complexity index is 1340. The third-order valence-corrected chi connectivity index (χ3v) is 7.06. The van der Waals surface area contributed by atoms with Crippen LogP contribution in [0.4, 0.5) is 4.79 Å². The van der Waals surface area contributed by atoms with E-state index in [0.717, 1.165) is 58.3 Å². The Morgan fingerprint density at radius 3 is 2.22 bits per heavy atom. The summed E-state index contributed by atoms with van der Waals surface area (Å²) >= 11 is 6.23. The number of hydrogen-bond acceptors (Lipinski definition) is 4. The van der Waals surface area contributed by atoms with E-state index < -0.39 is 17.8 Å². The molecule has 0 saturated heterocycles. The van der Waals surface area contributed by atoms with Crippen molar-refractivity contribution < 1.29 is 19.1 Å². The second-order valence-electron chi connectivity index (χ2n) is 9.03. The van der Waals surface area contributed by atoms with Gasteiger partial charge in [-0.1, -0.05) is 90.5 Å². The number of halogens is 1. The molecule has 0 unspecified atom stereocenters. The van der Waals surface area contributed by atoms with Gasteiger partial charge in [-0.25, -0.2) is 4.79 Å². The Morgan fingerprint density at radius 2 is 1.58 bits per heavy atom. The van der Waals surface area contributed by atoms with E-state index in [2.05, 4.69) is 35.7 Å². The van der Waals surface area contributed by atoms with Gasteiger partial charge in [-0.3, -0.25) is 10.1 Å². The van der Waals surface area contributed by atoms with E-state index in [1.807, 2.05) is 48.5 Å². The number of hydrogen-bond donors (Lipinski definition) is 1. The first-order chi connectivity index (χ1) is 17.5. The van der Waals surface area contributed by atoms with Crippen LogP contribution in [0, 0.1) is 0 Å². The third-order valence-electron chi connectivity index (χ3n) is 6.72. The van der Waals surface area contributed by atoms with Crippen molar-refractivity contribution in [3.05, 3.63) is 112 Å². The topological polar surface area (TPSA) is 64.6 Å². The van der Waals surface area contributed by atoms with Gasteiger partial charge in [-0.05, 0) is 54.5 Å². The number of allylic oxidation sites excluding steroid dienone is 3. The highest BCUT2D eigenvalue weighted by molar-refractivity contribution is 6.31. The van der Waals surface area contributed by atoms with Gasteiger partial charge in [-0.15, -0.1) is 0 Å². The Kier molecular flexibility index (Phi) is 6.66. The van der Waals surface area contributed by atoms with Crippen LogP contribution < -0.4 is 5.32 Å². The lowest BCUT2D eigenvalue weighted by Crippen LogP contribution is -2.25. The normalized spacial score (nSPS) is 16.4. The van der Waals surface area contributed by atoms with Crippen LogP contribution >= 0.6 is 11.6 Å². The molecule has 1 amide bonds. The summed E-state index contributed by atoms with van der Waals surface area (Å²) in [5, 5.41) is 3.45. The van der Waals surface area contributed by atoms with Gasteiger partial charge in [0.15, 0.2) is 0 Å². The van der Waals surface area contributed by atoms with Crippen LogP contribution in [0.3, 0.4) is 0 Å². The number of ether oxygens (including phenoxy) is 2. The maximum absolute atomic E-state index is 12.6. The Balaban J connectivity index is 1.23. The standard InChI is InChI=1S/C30H26ClNO4/c1-20(25-5-2-3-7-27(25)31)36-29(34)32-28-8-4-6-26(28)23-11-9-21(10-12-23)22-13-15-24(16-14-22)30(17-18-30)35-19-33/h2-3,5-16,19-20H,4,17-18H2,1H3,(H,32,34)/t20-/m1/s1. The molecule has 1 atom stereocenters. The van der Waals surface area contributed by atoms with Crippen molar-refractivity contribution in [2.75, 3.05) is 0 Å². The molecule has 0 bridgehead atoms. The van der Waals surface area contributed by atoms with Crippen LogP contribution in [0.2, 0.25) is 5.02 Å². The Hall–Kier alpha value is -3.83. The lowest BCUT2D eigenvalue weighted by Gasteiger charge is -2.17. The van der Waals surface area contributed by atoms with E-state index in [1.165, 1.54) is 0 Å². The molecule has 1 N–H and O–H groups in total. The fourth-order valence-corrected chi connectivity index (χ4v) is 4.85. The number of amides is 1. The number of benzene rings is 3. The molecule has 0 spiro atoms. The number of alkyl carbamates (subject to hydrolysis) is 1. The minimum atomic E-state index is -0.523. The van der Waals surface area contributed by atoms with Crippen LogP contribution in [-0.4, -0.2) is 12.6 Å². The van der Waals surface area contributed by atoms with Crippen molar-refractivity contribution in [3.8, 4) is 11.1 Å². The van der Waals surface area contributed by atoms with Gasteiger partial charge in [0, 0.05) is 21.9 Å². The van der Waals surface area contributed by atoms with Crippen molar-refractivity contribution in [1.82, 2.24) is 5.32 Å². The summed E-state index contributed by atoms with van der Waals surface area (Å²) in [7, 11) is 0. The van der Waals surface area contributed by atoms with Crippen molar-refractivity contribution in [2.24, 2.45) is 0 Å². The summed E-state index contributed by atoms with van der Waals surface area (Å²) in [6, 6.07) is 23.7. The zero-order valence-corrected chi connectivity index (χ0v) is 20.6. The van der Waals surface area contributed by atoms with E-state index in [0.29, 0.717) is 11.5 Å². The van der Waals surface area contributed by atoms with Gasteiger partial charge in [0.05, 0.1) is 0 Å². The van der Waals surface area contributed by atoms with Gasteiger partial charge in [-0.2, -0.15) is 0 Å². The maximum atomic E-state index is 12.6. The van der Waals surface area contributed by atoms with E-state index in [1.54, 1.807) is 13.0 Å². The minimum Gasteiger partial charge on any atom is -0.456 e. The lowest BCUT2D eigenvalue weighted by molar-refractivity contribution is -0.136. The van der Waals surface area contributed by atoms with Crippen molar-refractivity contribution in [3.63, 3.8) is 0 Å². The molecule has 36 heavy (non-hydrogen) atoms. The molecular formula is C30H26ClNO4. The second kappa shape index (κ2) is 10.0. The van der Waals surface area contributed by atoms with Gasteiger partial charge in [0.2, 0.25) is 0 Å². The average Bonchev–Trinajstić information content (AvgIpc) is 3.53. The third kappa shape index (κ3) is 4.93. The summed E-state index contributed by atoms with van der Waals surface area (Å²) in [5.41, 5.74) is 6.22. The van der Waals surface area contributed by atoms with Crippen LogP contribution in [0.15, 0.2) is 90.6 Å². The first-order valence-electron chi connectivity index (χ1n) is 11.9. The fourth-order valence-electron chi connectivity index (χ4n) is 4.56. The molecule has 3 aromatic carbocycles. The SMILES string of the molecule is C[C@@H](OC(=O)NC1=CCC=C1c1ccc(-c2ccc(C3(OC=O)CC3)cc2)cc1)c1ccccc1Cl. The molecule has 182 valence electrons. The van der Waals surface area contributed by atoms with Gasteiger partial charge >= 0.3 is 6.09 Å². The zero-order valence-electron chi connectivity index (χ0n) is 19.9. The largest absolute Gasteiger partial charge is 0.456 e. The minimum absolute atomic E-state index is 0.429. The molecule has 5 nitrogen and oxygen atoms in total. The molecule has 2 aliphatic carbocycles. The summed E-state index contributed by atoms with van der Waals surface area (Å²) in [6.07, 6.45) is 5.52.